The maximum atomic E-state index is 13.0. The summed E-state index contributed by atoms with van der Waals surface area (Å²) in [4.78, 5) is 29.8. The topological polar surface area (TPSA) is 97.6 Å². The molecule has 32 heavy (non-hydrogen) atoms. The number of carbonyl (C=O) groups excluding carboxylic acids is 2. The first-order valence-electron chi connectivity index (χ1n) is 9.93. The van der Waals surface area contributed by atoms with Gasteiger partial charge in [-0.05, 0) is 25.1 Å². The Morgan fingerprint density at radius 2 is 1.78 bits per heavy atom. The van der Waals surface area contributed by atoms with Crippen LogP contribution in [0.1, 0.15) is 17.3 Å². The number of amides is 1. The van der Waals surface area contributed by atoms with E-state index in [1.54, 1.807) is 48.9 Å². The Morgan fingerprint density at radius 1 is 1.06 bits per heavy atom. The number of methoxy groups -OCH3 is 2. The average Bonchev–Trinajstić information content (AvgIpc) is 3.13. The van der Waals surface area contributed by atoms with E-state index in [9.17, 15) is 9.59 Å². The average molecular weight is 458 g/mol. The number of fused-ring (bicyclic) bond motifs is 2. The van der Waals surface area contributed by atoms with E-state index < -0.39 is 11.9 Å². The third kappa shape index (κ3) is 4.26. The van der Waals surface area contributed by atoms with Crippen molar-refractivity contribution in [2.45, 2.75) is 13.5 Å². The number of benzene rings is 2. The summed E-state index contributed by atoms with van der Waals surface area (Å²) in [7, 11) is 3.07. The molecule has 1 amide bonds. The first-order chi connectivity index (χ1) is 15.5. The highest BCUT2D eigenvalue weighted by molar-refractivity contribution is 7.16. The summed E-state index contributed by atoms with van der Waals surface area (Å²) in [5.74, 6) is 1.23. The molecule has 0 bridgehead atoms. The van der Waals surface area contributed by atoms with E-state index in [1.165, 1.54) is 18.4 Å². The van der Waals surface area contributed by atoms with Crippen LogP contribution in [0.4, 0.5) is 0 Å². The van der Waals surface area contributed by atoms with Crippen LogP contribution >= 0.6 is 11.3 Å². The molecule has 0 spiro atoms. The smallest absolute Gasteiger partial charge is 0.326 e. The van der Waals surface area contributed by atoms with Crippen molar-refractivity contribution in [1.29, 1.82) is 0 Å². The van der Waals surface area contributed by atoms with Crippen molar-refractivity contribution in [1.82, 2.24) is 4.57 Å². The van der Waals surface area contributed by atoms with Crippen molar-refractivity contribution in [2.75, 3.05) is 34.0 Å². The van der Waals surface area contributed by atoms with Gasteiger partial charge < -0.3 is 28.3 Å². The molecule has 9 nitrogen and oxygen atoms in total. The fourth-order valence-electron chi connectivity index (χ4n) is 3.30. The van der Waals surface area contributed by atoms with E-state index in [0.29, 0.717) is 52.1 Å². The van der Waals surface area contributed by atoms with Gasteiger partial charge in [0.05, 0.1) is 31.0 Å². The standard InChI is InChI=1S/C22H22N2O7S/c1-4-29-20(25)12-24-14-10-16(27-2)17(28-3)11-19(14)32-22(24)23-21(26)13-5-6-15-18(9-13)31-8-7-30-15/h5-6,9-11H,4,7-8,12H2,1-3H3. The third-order valence-electron chi connectivity index (χ3n) is 4.77. The van der Waals surface area contributed by atoms with Crippen molar-refractivity contribution >= 4 is 33.4 Å². The minimum atomic E-state index is -0.468. The van der Waals surface area contributed by atoms with Crippen LogP contribution in [0.3, 0.4) is 0 Å². The number of hydrogen-bond donors (Lipinski definition) is 0. The Labute approximate surface area is 187 Å². The predicted molar refractivity (Wildman–Crippen MR) is 117 cm³/mol. The van der Waals surface area contributed by atoms with Crippen LogP contribution in [0.25, 0.3) is 10.2 Å². The minimum absolute atomic E-state index is 0.101. The molecule has 0 radical (unpaired) electrons. The molecule has 0 N–H and O–H groups in total. The summed E-state index contributed by atoms with van der Waals surface area (Å²) in [6, 6.07) is 8.46. The maximum absolute atomic E-state index is 13.0. The normalized spacial score (nSPS) is 13.2. The van der Waals surface area contributed by atoms with Crippen LogP contribution in [0, 0.1) is 0 Å². The molecule has 1 aliphatic heterocycles. The highest BCUT2D eigenvalue weighted by atomic mass is 32.1. The quantitative estimate of drug-likeness (QED) is 0.524. The first kappa shape index (κ1) is 21.7. The van der Waals surface area contributed by atoms with Crippen molar-refractivity contribution in [3.8, 4) is 23.0 Å². The van der Waals surface area contributed by atoms with Gasteiger partial charge in [-0.2, -0.15) is 4.99 Å². The Hall–Kier alpha value is -3.53. The lowest BCUT2D eigenvalue weighted by Gasteiger charge is -2.18. The van der Waals surface area contributed by atoms with Crippen LogP contribution in [-0.4, -0.2) is 50.5 Å². The van der Waals surface area contributed by atoms with Crippen molar-refractivity contribution in [3.05, 3.63) is 40.7 Å². The van der Waals surface area contributed by atoms with Gasteiger partial charge in [0.2, 0.25) is 0 Å². The summed E-state index contributed by atoms with van der Waals surface area (Å²) < 4.78 is 29.3. The number of nitrogens with zero attached hydrogens (tertiary/aromatic N) is 2. The monoisotopic (exact) mass is 458 g/mol. The molecule has 1 aliphatic rings. The molecule has 168 valence electrons. The number of thiazole rings is 1. The molecule has 0 fully saturated rings. The van der Waals surface area contributed by atoms with Gasteiger partial charge in [-0.25, -0.2) is 0 Å². The molecule has 0 saturated heterocycles. The Morgan fingerprint density at radius 3 is 2.50 bits per heavy atom. The van der Waals surface area contributed by atoms with Gasteiger partial charge >= 0.3 is 5.97 Å². The van der Waals surface area contributed by atoms with Gasteiger partial charge in [-0.15, -0.1) is 0 Å². The van der Waals surface area contributed by atoms with E-state index in [1.807, 2.05) is 0 Å². The molecule has 0 saturated carbocycles. The number of aromatic nitrogens is 1. The second-order valence-corrected chi connectivity index (χ2v) is 7.74. The molecule has 0 atom stereocenters. The second kappa shape index (κ2) is 9.31. The predicted octanol–water partition coefficient (Wildman–Crippen LogP) is 2.80. The van der Waals surface area contributed by atoms with Gasteiger partial charge in [0, 0.05) is 17.7 Å². The fraction of sp³-hybridized carbons (Fsp3) is 0.318. The Bertz CT molecular complexity index is 1250. The zero-order valence-corrected chi connectivity index (χ0v) is 18.7. The van der Waals surface area contributed by atoms with Crippen LogP contribution < -0.4 is 23.7 Å². The van der Waals surface area contributed by atoms with Gasteiger partial charge in [0.1, 0.15) is 19.8 Å². The van der Waals surface area contributed by atoms with Gasteiger partial charge in [-0.1, -0.05) is 11.3 Å². The number of rotatable bonds is 6. The highest BCUT2D eigenvalue weighted by Gasteiger charge is 2.18. The molecule has 4 rings (SSSR count). The number of hydrogen-bond acceptors (Lipinski definition) is 8. The van der Waals surface area contributed by atoms with Crippen molar-refractivity contribution in [2.24, 2.45) is 4.99 Å². The van der Waals surface area contributed by atoms with Crippen LogP contribution in [0.15, 0.2) is 35.3 Å². The Balaban J connectivity index is 1.81. The minimum Gasteiger partial charge on any atom is -0.493 e. The van der Waals surface area contributed by atoms with E-state index in [4.69, 9.17) is 23.7 Å². The zero-order chi connectivity index (χ0) is 22.7. The Kier molecular flexibility index (Phi) is 6.31. The molecule has 2 heterocycles. The number of esters is 1. The molecule has 2 aromatic carbocycles. The lowest BCUT2D eigenvalue weighted by molar-refractivity contribution is -0.143. The van der Waals surface area contributed by atoms with Gasteiger partial charge in [0.25, 0.3) is 5.91 Å². The van der Waals surface area contributed by atoms with Crippen LogP contribution in [0.5, 0.6) is 23.0 Å². The zero-order valence-electron chi connectivity index (χ0n) is 17.9. The van der Waals surface area contributed by atoms with Crippen molar-refractivity contribution < 1.29 is 33.3 Å². The molecule has 10 heteroatoms. The van der Waals surface area contributed by atoms with Crippen LogP contribution in [-0.2, 0) is 16.1 Å². The third-order valence-corrected chi connectivity index (χ3v) is 5.81. The largest absolute Gasteiger partial charge is 0.493 e. The lowest BCUT2D eigenvalue weighted by Crippen LogP contribution is -2.23. The fourth-order valence-corrected chi connectivity index (χ4v) is 4.34. The van der Waals surface area contributed by atoms with Crippen LogP contribution in [0.2, 0.25) is 0 Å². The molecule has 3 aromatic rings. The first-order valence-corrected chi connectivity index (χ1v) is 10.8. The summed E-state index contributed by atoms with van der Waals surface area (Å²) in [6.07, 6.45) is 0. The van der Waals surface area contributed by atoms with Crippen molar-refractivity contribution in [3.63, 3.8) is 0 Å². The SMILES string of the molecule is CCOC(=O)Cn1c(=NC(=O)c2ccc3c(c2)OCCO3)sc2cc(OC)c(OC)cc21. The number of carbonyl (C=O) groups is 2. The van der Waals surface area contributed by atoms with E-state index in [0.717, 1.165) is 4.70 Å². The van der Waals surface area contributed by atoms with E-state index >= 15 is 0 Å². The summed E-state index contributed by atoms with van der Waals surface area (Å²) in [5, 5.41) is 0. The second-order valence-electron chi connectivity index (χ2n) is 6.73. The summed E-state index contributed by atoms with van der Waals surface area (Å²) in [5.41, 5.74) is 1.03. The maximum Gasteiger partial charge on any atom is 0.326 e. The van der Waals surface area contributed by atoms with E-state index in [-0.39, 0.29) is 13.2 Å². The van der Waals surface area contributed by atoms with Gasteiger partial charge in [-0.3, -0.25) is 9.59 Å². The van der Waals surface area contributed by atoms with Gasteiger partial charge in [0.15, 0.2) is 27.8 Å². The molecular formula is C22H22N2O7S. The highest BCUT2D eigenvalue weighted by Crippen LogP contribution is 2.34. The van der Waals surface area contributed by atoms with E-state index in [2.05, 4.69) is 4.99 Å². The lowest BCUT2D eigenvalue weighted by atomic mass is 10.2. The molecule has 0 unspecified atom stereocenters. The molecular weight excluding hydrogens is 436 g/mol. The molecule has 0 aliphatic carbocycles. The molecule has 1 aromatic heterocycles. The summed E-state index contributed by atoms with van der Waals surface area (Å²) in [6.45, 7) is 2.77. The summed E-state index contributed by atoms with van der Waals surface area (Å²) >= 11 is 1.26. The number of ether oxygens (including phenoxy) is 5.